The standard InChI is InChI=1S/C24H25N3O4/c1-30-20-9-5-10-21(15-20)31-23-13-12-18(17-27-23)16-26-22(28)11-6-14-25-24(29)19-7-3-2-4-8-19/h2-5,7-10,12-13,15,17H,6,11,14,16H2,1H3,(H,25,29)(H,26,28). The maximum absolute atomic E-state index is 12.0. The van der Waals surface area contributed by atoms with E-state index in [0.29, 0.717) is 48.9 Å². The van der Waals surface area contributed by atoms with Crippen LogP contribution in [0.3, 0.4) is 0 Å². The van der Waals surface area contributed by atoms with Crippen molar-refractivity contribution in [2.45, 2.75) is 19.4 Å². The predicted octanol–water partition coefficient (Wildman–Crippen LogP) is 3.71. The fourth-order valence-electron chi connectivity index (χ4n) is 2.79. The molecule has 1 aromatic heterocycles. The van der Waals surface area contributed by atoms with Crippen molar-refractivity contribution in [2.24, 2.45) is 0 Å². The van der Waals surface area contributed by atoms with Gasteiger partial charge in [-0.2, -0.15) is 0 Å². The summed E-state index contributed by atoms with van der Waals surface area (Å²) in [6, 6.07) is 19.9. The smallest absolute Gasteiger partial charge is 0.251 e. The lowest BCUT2D eigenvalue weighted by Crippen LogP contribution is -2.27. The zero-order valence-corrected chi connectivity index (χ0v) is 17.3. The summed E-state index contributed by atoms with van der Waals surface area (Å²) in [6.07, 6.45) is 2.56. The van der Waals surface area contributed by atoms with Crippen molar-refractivity contribution < 1.29 is 19.1 Å². The molecule has 2 aromatic carbocycles. The average molecular weight is 419 g/mol. The lowest BCUT2D eigenvalue weighted by atomic mass is 10.2. The maximum Gasteiger partial charge on any atom is 0.251 e. The highest BCUT2D eigenvalue weighted by Gasteiger charge is 2.06. The molecule has 3 aromatic rings. The molecule has 1 heterocycles. The number of carbonyl (C=O) groups excluding carboxylic acids is 2. The van der Waals surface area contributed by atoms with Gasteiger partial charge in [0.05, 0.1) is 7.11 Å². The Balaban J connectivity index is 1.35. The van der Waals surface area contributed by atoms with Crippen LogP contribution in [0.4, 0.5) is 0 Å². The summed E-state index contributed by atoms with van der Waals surface area (Å²) >= 11 is 0. The van der Waals surface area contributed by atoms with Crippen LogP contribution in [0, 0.1) is 0 Å². The van der Waals surface area contributed by atoms with Gasteiger partial charge < -0.3 is 20.1 Å². The van der Waals surface area contributed by atoms with Gasteiger partial charge in [0.2, 0.25) is 11.8 Å². The van der Waals surface area contributed by atoms with E-state index < -0.39 is 0 Å². The Morgan fingerprint density at radius 1 is 0.935 bits per heavy atom. The Morgan fingerprint density at radius 2 is 1.74 bits per heavy atom. The number of aromatic nitrogens is 1. The number of benzene rings is 2. The SMILES string of the molecule is COc1cccc(Oc2ccc(CNC(=O)CCCNC(=O)c3ccccc3)cn2)c1. The number of methoxy groups -OCH3 is 1. The van der Waals surface area contributed by atoms with E-state index in [0.717, 1.165) is 5.56 Å². The molecule has 0 bridgehead atoms. The summed E-state index contributed by atoms with van der Waals surface area (Å²) in [5.74, 6) is 1.58. The van der Waals surface area contributed by atoms with Crippen LogP contribution in [0.15, 0.2) is 72.9 Å². The Hall–Kier alpha value is -3.87. The van der Waals surface area contributed by atoms with E-state index in [1.54, 1.807) is 37.6 Å². The molecular formula is C24H25N3O4. The van der Waals surface area contributed by atoms with E-state index in [1.807, 2.05) is 42.5 Å². The van der Waals surface area contributed by atoms with Crippen molar-refractivity contribution in [2.75, 3.05) is 13.7 Å². The Kier molecular flexibility index (Phi) is 7.99. The second kappa shape index (κ2) is 11.3. The number of pyridine rings is 1. The molecule has 0 atom stereocenters. The van der Waals surface area contributed by atoms with Crippen LogP contribution in [-0.4, -0.2) is 30.5 Å². The normalized spacial score (nSPS) is 10.2. The summed E-state index contributed by atoms with van der Waals surface area (Å²) in [7, 11) is 1.60. The van der Waals surface area contributed by atoms with E-state index in [9.17, 15) is 9.59 Å². The third-order valence-electron chi connectivity index (χ3n) is 4.45. The Labute approximate surface area is 181 Å². The highest BCUT2D eigenvalue weighted by molar-refractivity contribution is 5.94. The number of nitrogens with zero attached hydrogens (tertiary/aromatic N) is 1. The van der Waals surface area contributed by atoms with Gasteiger partial charge in [-0.15, -0.1) is 0 Å². The van der Waals surface area contributed by atoms with Crippen molar-refractivity contribution in [3.63, 3.8) is 0 Å². The van der Waals surface area contributed by atoms with Crippen LogP contribution < -0.4 is 20.1 Å². The first-order valence-corrected chi connectivity index (χ1v) is 10.0. The fourth-order valence-corrected chi connectivity index (χ4v) is 2.79. The molecule has 0 radical (unpaired) electrons. The molecule has 0 aliphatic carbocycles. The topological polar surface area (TPSA) is 89.5 Å². The molecular weight excluding hydrogens is 394 g/mol. The van der Waals surface area contributed by atoms with Gasteiger partial charge in [-0.3, -0.25) is 9.59 Å². The van der Waals surface area contributed by atoms with Gasteiger partial charge in [-0.1, -0.05) is 30.3 Å². The Bertz CT molecular complexity index is 991. The van der Waals surface area contributed by atoms with E-state index in [2.05, 4.69) is 15.6 Å². The van der Waals surface area contributed by atoms with Crippen LogP contribution in [0.1, 0.15) is 28.8 Å². The van der Waals surface area contributed by atoms with E-state index in [1.165, 1.54) is 0 Å². The van der Waals surface area contributed by atoms with Crippen molar-refractivity contribution in [1.82, 2.24) is 15.6 Å². The molecule has 160 valence electrons. The average Bonchev–Trinajstić information content (AvgIpc) is 2.82. The fraction of sp³-hybridized carbons (Fsp3) is 0.208. The number of ether oxygens (including phenoxy) is 2. The molecule has 0 unspecified atom stereocenters. The Morgan fingerprint density at radius 3 is 2.48 bits per heavy atom. The van der Waals surface area contributed by atoms with Gasteiger partial charge in [0.15, 0.2) is 0 Å². The zero-order chi connectivity index (χ0) is 21.9. The number of hydrogen-bond acceptors (Lipinski definition) is 5. The number of nitrogens with one attached hydrogen (secondary N) is 2. The zero-order valence-electron chi connectivity index (χ0n) is 17.3. The molecule has 0 saturated carbocycles. The van der Waals surface area contributed by atoms with Gasteiger partial charge >= 0.3 is 0 Å². The van der Waals surface area contributed by atoms with Crippen molar-refractivity contribution in [3.8, 4) is 17.4 Å². The van der Waals surface area contributed by atoms with Crippen molar-refractivity contribution in [3.05, 3.63) is 84.1 Å². The largest absolute Gasteiger partial charge is 0.497 e. The van der Waals surface area contributed by atoms with E-state index in [4.69, 9.17) is 9.47 Å². The van der Waals surface area contributed by atoms with Crippen LogP contribution in [0.5, 0.6) is 17.4 Å². The monoisotopic (exact) mass is 419 g/mol. The molecule has 31 heavy (non-hydrogen) atoms. The first-order valence-electron chi connectivity index (χ1n) is 10.0. The maximum atomic E-state index is 12.0. The van der Waals surface area contributed by atoms with Crippen LogP contribution in [0.25, 0.3) is 0 Å². The lowest BCUT2D eigenvalue weighted by Gasteiger charge is -2.08. The summed E-state index contributed by atoms with van der Waals surface area (Å²) in [5.41, 5.74) is 1.47. The van der Waals surface area contributed by atoms with Crippen LogP contribution >= 0.6 is 0 Å². The molecule has 7 heteroatoms. The summed E-state index contributed by atoms with van der Waals surface area (Å²) in [5, 5.41) is 5.66. The quantitative estimate of drug-likeness (QED) is 0.489. The van der Waals surface area contributed by atoms with Gasteiger partial charge in [0, 0.05) is 43.4 Å². The summed E-state index contributed by atoms with van der Waals surface area (Å²) < 4.78 is 10.9. The van der Waals surface area contributed by atoms with Gasteiger partial charge in [0.25, 0.3) is 5.91 Å². The number of rotatable bonds is 10. The molecule has 7 nitrogen and oxygen atoms in total. The molecule has 0 saturated heterocycles. The third-order valence-corrected chi connectivity index (χ3v) is 4.45. The highest BCUT2D eigenvalue weighted by atomic mass is 16.5. The first-order chi connectivity index (χ1) is 15.1. The number of carbonyl (C=O) groups is 2. The highest BCUT2D eigenvalue weighted by Crippen LogP contribution is 2.23. The first kappa shape index (κ1) is 21.8. The van der Waals surface area contributed by atoms with E-state index >= 15 is 0 Å². The van der Waals surface area contributed by atoms with E-state index in [-0.39, 0.29) is 11.8 Å². The predicted molar refractivity (Wildman–Crippen MR) is 117 cm³/mol. The van der Waals surface area contributed by atoms with Gasteiger partial charge in [0.1, 0.15) is 11.5 Å². The van der Waals surface area contributed by atoms with Gasteiger partial charge in [-0.25, -0.2) is 4.98 Å². The van der Waals surface area contributed by atoms with Crippen molar-refractivity contribution in [1.29, 1.82) is 0 Å². The van der Waals surface area contributed by atoms with Gasteiger partial charge in [-0.05, 0) is 36.2 Å². The lowest BCUT2D eigenvalue weighted by molar-refractivity contribution is -0.121. The van der Waals surface area contributed by atoms with Crippen molar-refractivity contribution >= 4 is 11.8 Å². The summed E-state index contributed by atoms with van der Waals surface area (Å²) in [4.78, 5) is 28.2. The molecule has 0 aliphatic heterocycles. The number of hydrogen-bond donors (Lipinski definition) is 2. The second-order valence-electron chi connectivity index (χ2n) is 6.79. The number of amides is 2. The molecule has 3 rings (SSSR count). The minimum Gasteiger partial charge on any atom is -0.497 e. The minimum absolute atomic E-state index is 0.0781. The summed E-state index contributed by atoms with van der Waals surface area (Å²) in [6.45, 7) is 0.820. The molecule has 2 amide bonds. The molecule has 0 fully saturated rings. The molecule has 0 spiro atoms. The third kappa shape index (κ3) is 7.15. The molecule has 2 N–H and O–H groups in total. The van der Waals surface area contributed by atoms with Crippen LogP contribution in [-0.2, 0) is 11.3 Å². The minimum atomic E-state index is -0.136. The van der Waals surface area contributed by atoms with Crippen LogP contribution in [0.2, 0.25) is 0 Å². The molecule has 0 aliphatic rings. The second-order valence-corrected chi connectivity index (χ2v) is 6.79.